The molecule has 0 spiro atoms. The maximum atomic E-state index is 11.0. The van der Waals surface area contributed by atoms with Crippen molar-refractivity contribution < 1.29 is 9.53 Å². The lowest BCUT2D eigenvalue weighted by Crippen LogP contribution is -2.19. The van der Waals surface area contributed by atoms with E-state index in [4.69, 9.17) is 4.74 Å². The lowest BCUT2D eigenvalue weighted by Gasteiger charge is -2.32. The highest BCUT2D eigenvalue weighted by Crippen LogP contribution is 2.40. The van der Waals surface area contributed by atoms with E-state index >= 15 is 0 Å². The van der Waals surface area contributed by atoms with Crippen molar-refractivity contribution in [2.75, 3.05) is 11.9 Å². The van der Waals surface area contributed by atoms with Crippen molar-refractivity contribution in [3.63, 3.8) is 0 Å². The van der Waals surface area contributed by atoms with Gasteiger partial charge in [-0.2, -0.15) is 0 Å². The Morgan fingerprint density at radius 2 is 1.96 bits per heavy atom. The van der Waals surface area contributed by atoms with E-state index in [9.17, 15) is 4.79 Å². The van der Waals surface area contributed by atoms with Crippen LogP contribution in [0, 0.1) is 5.41 Å². The first-order chi connectivity index (χ1) is 11.8. The maximum Gasteiger partial charge on any atom is 0.316 e. The van der Waals surface area contributed by atoms with Gasteiger partial charge in [0.05, 0.1) is 0 Å². The zero-order chi connectivity index (χ0) is 18.9. The normalized spacial score (nSPS) is 19.1. The third-order valence-corrected chi connectivity index (χ3v) is 4.99. The number of carbonyl (C=O) groups is 1. The molecule has 1 aliphatic rings. The van der Waals surface area contributed by atoms with Crippen LogP contribution in [-0.2, 0) is 9.53 Å². The number of rotatable bonds is 7. The standard InChI is InChI=1S/C22H31BrO2/c1-17(8-6-9-18(2)13-15-25-21(24)16-23)11-12-20-19(3)10-7-14-22(20,4)5/h6,8-9,11-13H,7,10,14-16H2,1-5H3/b9-6+,12-11+,17-8+,18-13+. The van der Waals surface area contributed by atoms with Gasteiger partial charge in [-0.25, -0.2) is 0 Å². The van der Waals surface area contributed by atoms with Gasteiger partial charge in [0.25, 0.3) is 0 Å². The lowest BCUT2D eigenvalue weighted by atomic mass is 9.72. The molecule has 0 aliphatic heterocycles. The molecule has 0 heterocycles. The first-order valence-corrected chi connectivity index (χ1v) is 10.00. The Balaban J connectivity index is 2.63. The number of halogens is 1. The van der Waals surface area contributed by atoms with E-state index in [1.165, 1.54) is 36.0 Å². The number of hydrogen-bond donors (Lipinski definition) is 0. The summed E-state index contributed by atoms with van der Waals surface area (Å²) in [5.74, 6) is -0.246. The molecule has 0 amide bonds. The Kier molecular flexibility index (Phi) is 9.20. The topological polar surface area (TPSA) is 26.3 Å². The Hall–Kier alpha value is -1.35. The SMILES string of the molecule is CC1=C(/C=C/C(C)=C/C=C/C(C)=C/COC(=O)CBr)C(C)(C)CCC1. The van der Waals surface area contributed by atoms with Gasteiger partial charge in [0.15, 0.2) is 0 Å². The van der Waals surface area contributed by atoms with Crippen LogP contribution in [0.2, 0.25) is 0 Å². The highest BCUT2D eigenvalue weighted by Gasteiger charge is 2.26. The first kappa shape index (κ1) is 21.7. The van der Waals surface area contributed by atoms with Gasteiger partial charge in [0, 0.05) is 0 Å². The van der Waals surface area contributed by atoms with Crippen LogP contribution in [-0.4, -0.2) is 17.9 Å². The highest BCUT2D eigenvalue weighted by atomic mass is 79.9. The minimum Gasteiger partial charge on any atom is -0.461 e. The molecule has 1 rings (SSSR count). The number of allylic oxidation sites excluding steroid dienone is 9. The second-order valence-corrected chi connectivity index (χ2v) is 7.86. The molecule has 0 atom stereocenters. The van der Waals surface area contributed by atoms with Crippen molar-refractivity contribution in [3.05, 3.63) is 58.7 Å². The Bertz CT molecular complexity index is 616. The summed E-state index contributed by atoms with van der Waals surface area (Å²) >= 11 is 3.07. The molecule has 138 valence electrons. The molecule has 0 radical (unpaired) electrons. The van der Waals surface area contributed by atoms with Crippen LogP contribution in [0.25, 0.3) is 0 Å². The first-order valence-electron chi connectivity index (χ1n) is 8.88. The summed E-state index contributed by atoms with van der Waals surface area (Å²) in [6.07, 6.45) is 16.3. The van der Waals surface area contributed by atoms with E-state index in [-0.39, 0.29) is 16.7 Å². The summed E-state index contributed by atoms with van der Waals surface area (Å²) in [5, 5.41) is 0.233. The molecule has 25 heavy (non-hydrogen) atoms. The van der Waals surface area contributed by atoms with E-state index in [2.05, 4.69) is 61.9 Å². The van der Waals surface area contributed by atoms with Gasteiger partial charge in [-0.3, -0.25) is 4.79 Å². The van der Waals surface area contributed by atoms with Gasteiger partial charge in [0.1, 0.15) is 11.9 Å². The number of alkyl halides is 1. The molecule has 0 saturated heterocycles. The van der Waals surface area contributed by atoms with Crippen LogP contribution in [0.1, 0.15) is 53.9 Å². The average molecular weight is 407 g/mol. The van der Waals surface area contributed by atoms with Gasteiger partial charge in [0.2, 0.25) is 0 Å². The fraction of sp³-hybridized carbons (Fsp3) is 0.500. The van der Waals surface area contributed by atoms with E-state index < -0.39 is 0 Å². The van der Waals surface area contributed by atoms with Gasteiger partial charge in [-0.05, 0) is 57.1 Å². The van der Waals surface area contributed by atoms with Crippen LogP contribution in [0.3, 0.4) is 0 Å². The van der Waals surface area contributed by atoms with Gasteiger partial charge < -0.3 is 4.74 Å². The van der Waals surface area contributed by atoms with Gasteiger partial charge >= 0.3 is 5.97 Å². The fourth-order valence-electron chi connectivity index (χ4n) is 3.01. The number of carbonyl (C=O) groups excluding carboxylic acids is 1. The van der Waals surface area contributed by atoms with Crippen LogP contribution in [0.4, 0.5) is 0 Å². The zero-order valence-corrected chi connectivity index (χ0v) is 17.8. The second-order valence-electron chi connectivity index (χ2n) is 7.30. The average Bonchev–Trinajstić information content (AvgIpc) is 2.53. The molecule has 0 fully saturated rings. The third kappa shape index (κ3) is 8.04. The molecular weight excluding hydrogens is 376 g/mol. The van der Waals surface area contributed by atoms with Crippen molar-refractivity contribution in [2.45, 2.75) is 53.9 Å². The highest BCUT2D eigenvalue weighted by molar-refractivity contribution is 9.09. The minimum atomic E-state index is -0.246. The van der Waals surface area contributed by atoms with Crippen LogP contribution in [0.15, 0.2) is 58.7 Å². The molecule has 0 aromatic heterocycles. The summed E-state index contributed by atoms with van der Waals surface area (Å²) in [5.41, 5.74) is 5.58. The van der Waals surface area contributed by atoms with Crippen molar-refractivity contribution >= 4 is 21.9 Å². The Labute approximate surface area is 161 Å². The molecule has 3 heteroatoms. The summed E-state index contributed by atoms with van der Waals surface area (Å²) in [6.45, 7) is 11.4. The predicted octanol–water partition coefficient (Wildman–Crippen LogP) is 6.46. The molecule has 0 N–H and O–H groups in total. The minimum absolute atomic E-state index is 0.233. The van der Waals surface area contributed by atoms with Crippen LogP contribution >= 0.6 is 15.9 Å². The lowest BCUT2D eigenvalue weighted by molar-refractivity contribution is -0.139. The second kappa shape index (κ2) is 10.6. The molecule has 2 nitrogen and oxygen atoms in total. The van der Waals surface area contributed by atoms with E-state index in [1.807, 2.05) is 25.2 Å². The third-order valence-electron chi connectivity index (χ3n) is 4.53. The van der Waals surface area contributed by atoms with Gasteiger partial charge in [-0.15, -0.1) is 0 Å². The zero-order valence-electron chi connectivity index (χ0n) is 16.2. The van der Waals surface area contributed by atoms with Crippen molar-refractivity contribution in [1.29, 1.82) is 0 Å². The summed E-state index contributed by atoms with van der Waals surface area (Å²) in [7, 11) is 0. The van der Waals surface area contributed by atoms with Crippen LogP contribution in [0.5, 0.6) is 0 Å². The van der Waals surface area contributed by atoms with Crippen LogP contribution < -0.4 is 0 Å². The molecule has 0 bridgehead atoms. The van der Waals surface area contributed by atoms with Crippen molar-refractivity contribution in [1.82, 2.24) is 0 Å². The van der Waals surface area contributed by atoms with E-state index in [0.29, 0.717) is 6.61 Å². The Morgan fingerprint density at radius 3 is 2.60 bits per heavy atom. The number of esters is 1. The molecule has 0 saturated carbocycles. The number of ether oxygens (including phenoxy) is 1. The predicted molar refractivity (Wildman–Crippen MR) is 111 cm³/mol. The Morgan fingerprint density at radius 1 is 1.24 bits per heavy atom. The quantitative estimate of drug-likeness (QED) is 0.275. The molecule has 0 aromatic rings. The molecule has 1 aliphatic carbocycles. The van der Waals surface area contributed by atoms with Crippen molar-refractivity contribution in [2.24, 2.45) is 5.41 Å². The monoisotopic (exact) mass is 406 g/mol. The summed E-state index contributed by atoms with van der Waals surface area (Å²) in [4.78, 5) is 11.0. The number of hydrogen-bond acceptors (Lipinski definition) is 2. The molecular formula is C22H31BrO2. The van der Waals surface area contributed by atoms with E-state index in [1.54, 1.807) is 0 Å². The summed E-state index contributed by atoms with van der Waals surface area (Å²) < 4.78 is 5.00. The van der Waals surface area contributed by atoms with Crippen molar-refractivity contribution in [3.8, 4) is 0 Å². The van der Waals surface area contributed by atoms with E-state index in [0.717, 1.165) is 5.57 Å². The smallest absolute Gasteiger partial charge is 0.316 e. The fourth-order valence-corrected chi connectivity index (χ4v) is 3.17. The van der Waals surface area contributed by atoms with Gasteiger partial charge in [-0.1, -0.05) is 76.9 Å². The molecule has 0 aromatic carbocycles. The summed E-state index contributed by atoms with van der Waals surface area (Å²) in [6, 6.07) is 0. The molecule has 0 unspecified atom stereocenters. The largest absolute Gasteiger partial charge is 0.461 e. The maximum absolute atomic E-state index is 11.0.